The first-order valence-electron chi connectivity index (χ1n) is 10.3. The molecule has 1 aromatic carbocycles. The fourth-order valence-corrected chi connectivity index (χ4v) is 4.43. The molecule has 0 saturated carbocycles. The lowest BCUT2D eigenvalue weighted by Gasteiger charge is -2.38. The van der Waals surface area contributed by atoms with Gasteiger partial charge in [-0.1, -0.05) is 6.08 Å². The lowest BCUT2D eigenvalue weighted by molar-refractivity contribution is 0.214. The summed E-state index contributed by atoms with van der Waals surface area (Å²) >= 11 is 0. The van der Waals surface area contributed by atoms with Crippen LogP contribution in [0.1, 0.15) is 24.1 Å². The van der Waals surface area contributed by atoms with Gasteiger partial charge >= 0.3 is 0 Å². The van der Waals surface area contributed by atoms with Crippen molar-refractivity contribution in [2.45, 2.75) is 18.9 Å². The van der Waals surface area contributed by atoms with Crippen molar-refractivity contribution < 1.29 is 0 Å². The van der Waals surface area contributed by atoms with Crippen LogP contribution in [0.15, 0.2) is 53.6 Å². The topological polar surface area (TPSA) is 88.9 Å². The Kier molecular flexibility index (Phi) is 6.03. The molecule has 2 aliphatic rings. The number of H-pyrrole nitrogens is 1. The lowest BCUT2D eigenvalue weighted by Crippen LogP contribution is -2.49. The zero-order valence-corrected chi connectivity index (χ0v) is 17.8. The summed E-state index contributed by atoms with van der Waals surface area (Å²) in [4.78, 5) is 28.6. The van der Waals surface area contributed by atoms with Gasteiger partial charge in [0, 0.05) is 56.0 Å². The number of fused-ring (bicyclic) bond motifs is 1. The number of aromatic nitrogens is 3. The molecule has 0 amide bonds. The van der Waals surface area contributed by atoms with E-state index in [1.54, 1.807) is 12.4 Å². The molecule has 0 bridgehead atoms. The van der Waals surface area contributed by atoms with Gasteiger partial charge < -0.3 is 9.88 Å². The quantitative estimate of drug-likeness (QED) is 0.681. The molecule has 0 radical (unpaired) electrons. The van der Waals surface area contributed by atoms with Gasteiger partial charge in [-0.05, 0) is 48.7 Å². The lowest BCUT2D eigenvalue weighted by atomic mass is 10.1. The van der Waals surface area contributed by atoms with Crippen LogP contribution in [0, 0.1) is 11.3 Å². The first kappa shape index (κ1) is 21.0. The van der Waals surface area contributed by atoms with Gasteiger partial charge in [0.2, 0.25) is 0 Å². The molecule has 158 valence electrons. The van der Waals surface area contributed by atoms with E-state index in [1.807, 2.05) is 30.3 Å². The van der Waals surface area contributed by atoms with Crippen molar-refractivity contribution in [3.63, 3.8) is 0 Å². The average Bonchev–Trinajstić information content (AvgIpc) is 3.30. The third-order valence-corrected chi connectivity index (χ3v) is 6.06. The minimum atomic E-state index is -0.184. The average molecular weight is 435 g/mol. The molecule has 2 aromatic heterocycles. The zero-order chi connectivity index (χ0) is 20.5. The Balaban J connectivity index is 0.00000231. The van der Waals surface area contributed by atoms with E-state index >= 15 is 0 Å². The number of rotatable bonds is 3. The normalized spacial score (nSPS) is 19.0. The summed E-state index contributed by atoms with van der Waals surface area (Å²) in [5.74, 6) is 0. The van der Waals surface area contributed by atoms with Crippen molar-refractivity contribution in [1.82, 2.24) is 19.9 Å². The van der Waals surface area contributed by atoms with Gasteiger partial charge in [0.1, 0.15) is 0 Å². The monoisotopic (exact) mass is 434 g/mol. The summed E-state index contributed by atoms with van der Waals surface area (Å²) in [5.41, 5.74) is 4.73. The minimum Gasteiger partial charge on any atom is -0.369 e. The summed E-state index contributed by atoms with van der Waals surface area (Å²) in [6, 6.07) is 12.3. The van der Waals surface area contributed by atoms with Crippen LogP contribution in [0.4, 0.5) is 5.69 Å². The number of nitrogens with one attached hydrogen (secondary N) is 1. The highest BCUT2D eigenvalue weighted by Gasteiger charge is 2.27. The molecule has 1 fully saturated rings. The van der Waals surface area contributed by atoms with Crippen LogP contribution < -0.4 is 10.5 Å². The van der Waals surface area contributed by atoms with Gasteiger partial charge in [0.05, 0.1) is 17.1 Å². The summed E-state index contributed by atoms with van der Waals surface area (Å²) in [6.07, 6.45) is 7.46. The number of benzene rings is 1. The van der Waals surface area contributed by atoms with E-state index in [-0.39, 0.29) is 18.0 Å². The van der Waals surface area contributed by atoms with Crippen LogP contribution in [-0.4, -0.2) is 52.1 Å². The largest absolute Gasteiger partial charge is 0.369 e. The number of nitrogens with zero attached hydrogens (tertiary/aromatic N) is 5. The Labute approximate surface area is 186 Å². The second-order valence-electron chi connectivity index (χ2n) is 7.78. The molecule has 1 N–H and O–H groups in total. The van der Waals surface area contributed by atoms with Gasteiger partial charge in [-0.25, -0.2) is 4.98 Å². The molecule has 3 aromatic rings. The van der Waals surface area contributed by atoms with E-state index < -0.39 is 0 Å². The highest BCUT2D eigenvalue weighted by atomic mass is 35.5. The number of anilines is 1. The van der Waals surface area contributed by atoms with E-state index in [2.05, 4.69) is 36.9 Å². The molecule has 1 aliphatic carbocycles. The number of allylic oxidation sites excluding steroid dienone is 1. The van der Waals surface area contributed by atoms with Crippen LogP contribution in [0.5, 0.6) is 0 Å². The number of hydrogen-bond acceptors (Lipinski definition) is 6. The van der Waals surface area contributed by atoms with E-state index in [0.29, 0.717) is 22.6 Å². The predicted octanol–water partition coefficient (Wildman–Crippen LogP) is 2.98. The molecular weight excluding hydrogens is 412 g/mol. The van der Waals surface area contributed by atoms with E-state index in [9.17, 15) is 4.79 Å². The highest BCUT2D eigenvalue weighted by Crippen LogP contribution is 2.30. The maximum atomic E-state index is 12.3. The Bertz CT molecular complexity index is 1210. The smallest absolute Gasteiger partial charge is 0.276 e. The number of halogens is 1. The maximum Gasteiger partial charge on any atom is 0.276 e. The fourth-order valence-electron chi connectivity index (χ4n) is 4.43. The third-order valence-electron chi connectivity index (χ3n) is 6.06. The second-order valence-corrected chi connectivity index (χ2v) is 7.78. The number of pyridine rings is 1. The summed E-state index contributed by atoms with van der Waals surface area (Å²) in [7, 11) is 0. The summed E-state index contributed by atoms with van der Waals surface area (Å²) in [5, 5.41) is 8.96. The van der Waals surface area contributed by atoms with Crippen LogP contribution in [-0.2, 0) is 0 Å². The van der Waals surface area contributed by atoms with Crippen molar-refractivity contribution in [2.24, 2.45) is 0 Å². The van der Waals surface area contributed by atoms with E-state index in [0.717, 1.165) is 44.7 Å². The van der Waals surface area contributed by atoms with Crippen molar-refractivity contribution in [3.8, 4) is 6.07 Å². The Morgan fingerprint density at radius 2 is 1.81 bits per heavy atom. The third kappa shape index (κ3) is 4.18. The first-order valence-corrected chi connectivity index (χ1v) is 10.3. The van der Waals surface area contributed by atoms with E-state index in [1.165, 1.54) is 11.3 Å². The van der Waals surface area contributed by atoms with Crippen molar-refractivity contribution in [2.75, 3.05) is 31.1 Å². The molecule has 5 rings (SSSR count). The molecule has 0 spiro atoms. The molecule has 1 atom stereocenters. The molecule has 31 heavy (non-hydrogen) atoms. The molecule has 0 unspecified atom stereocenters. The Morgan fingerprint density at radius 3 is 2.55 bits per heavy atom. The van der Waals surface area contributed by atoms with Gasteiger partial charge in [-0.3, -0.25) is 14.7 Å². The Hall–Kier alpha value is -3.21. The van der Waals surface area contributed by atoms with Crippen LogP contribution in [0.25, 0.3) is 16.6 Å². The first-order chi connectivity index (χ1) is 14.7. The molecular formula is C23H23ClN6O. The second kappa shape index (κ2) is 8.88. The van der Waals surface area contributed by atoms with Gasteiger partial charge in [-0.2, -0.15) is 5.26 Å². The number of nitriles is 1. The van der Waals surface area contributed by atoms with Gasteiger partial charge in [-0.15, -0.1) is 12.4 Å². The summed E-state index contributed by atoms with van der Waals surface area (Å²) in [6.45, 7) is 3.92. The van der Waals surface area contributed by atoms with Crippen LogP contribution >= 0.6 is 12.4 Å². The Morgan fingerprint density at radius 1 is 1.06 bits per heavy atom. The highest BCUT2D eigenvalue weighted by molar-refractivity contribution is 5.85. The van der Waals surface area contributed by atoms with Crippen LogP contribution in [0.3, 0.4) is 0 Å². The van der Waals surface area contributed by atoms with E-state index in [4.69, 9.17) is 5.26 Å². The number of aromatic amines is 1. The zero-order valence-electron chi connectivity index (χ0n) is 17.0. The van der Waals surface area contributed by atoms with Crippen LogP contribution in [0.2, 0.25) is 0 Å². The van der Waals surface area contributed by atoms with Gasteiger partial charge in [0.15, 0.2) is 5.52 Å². The molecule has 1 saturated heterocycles. The fraction of sp³-hybridized carbons (Fsp3) is 0.304. The molecule has 8 heteroatoms. The van der Waals surface area contributed by atoms with Crippen molar-refractivity contribution >= 4 is 34.7 Å². The maximum absolute atomic E-state index is 12.3. The standard InChI is InChI=1S/C23H22N6O.ClH/c24-15-16-1-4-18(5-2-16)28-9-11-29(12-10-28)19-6-3-17(13-19)20-14-21-22(23(30)27-20)26-8-7-25-21;/h1-2,4-5,7-8,13-14,19H,3,6,9-12H2,(H,27,30);1H/t19-;/m1./s1. The minimum absolute atomic E-state index is 0. The predicted molar refractivity (Wildman–Crippen MR) is 123 cm³/mol. The van der Waals surface area contributed by atoms with Crippen molar-refractivity contribution in [1.29, 1.82) is 5.26 Å². The molecule has 3 heterocycles. The number of piperazine rings is 1. The molecule has 7 nitrogen and oxygen atoms in total. The SMILES string of the molecule is Cl.N#Cc1ccc(N2CCN([C@H]3C=C(c4cc5nccnc5c(=O)[nH]4)CC3)CC2)cc1. The summed E-state index contributed by atoms with van der Waals surface area (Å²) < 4.78 is 0. The van der Waals surface area contributed by atoms with Crippen molar-refractivity contribution in [3.05, 3.63) is 70.4 Å². The number of hydrogen-bond donors (Lipinski definition) is 1. The van der Waals surface area contributed by atoms with Gasteiger partial charge in [0.25, 0.3) is 5.56 Å². The molecule has 1 aliphatic heterocycles.